The summed E-state index contributed by atoms with van der Waals surface area (Å²) in [7, 11) is 0. The molecule has 0 unspecified atom stereocenters. The quantitative estimate of drug-likeness (QED) is 0.722. The minimum Gasteiger partial charge on any atom is -0.356 e. The number of rotatable bonds is 7. The number of nitrogens with one attached hydrogen (secondary N) is 2. The van der Waals surface area contributed by atoms with Crippen molar-refractivity contribution in [3.8, 4) is 0 Å². The number of hydrogen-bond acceptors (Lipinski definition) is 3. The topological polar surface area (TPSA) is 78.1 Å². The van der Waals surface area contributed by atoms with E-state index in [2.05, 4.69) is 41.5 Å². The molecule has 1 aromatic carbocycles. The van der Waals surface area contributed by atoms with Gasteiger partial charge in [0, 0.05) is 30.9 Å². The number of carbonyl (C=O) groups excluding carboxylic acids is 2. The molecule has 3 rings (SSSR count). The zero-order valence-electron chi connectivity index (χ0n) is 17.2. The van der Waals surface area contributed by atoms with Crippen LogP contribution in [0.4, 0.5) is 5.69 Å². The van der Waals surface area contributed by atoms with Gasteiger partial charge in [0.25, 0.3) is 0 Å². The lowest BCUT2D eigenvalue weighted by Crippen LogP contribution is -2.33. The molecule has 6 nitrogen and oxygen atoms in total. The van der Waals surface area contributed by atoms with Crippen molar-refractivity contribution in [3.63, 3.8) is 0 Å². The predicted octanol–water partition coefficient (Wildman–Crippen LogP) is 3.25. The fourth-order valence-corrected chi connectivity index (χ4v) is 3.74. The highest BCUT2D eigenvalue weighted by molar-refractivity contribution is 6.00. The van der Waals surface area contributed by atoms with E-state index in [1.54, 1.807) is 4.90 Å². The Balaban J connectivity index is 1.49. The highest BCUT2D eigenvalue weighted by Gasteiger charge is 2.34. The zero-order chi connectivity index (χ0) is 20.3. The third kappa shape index (κ3) is 4.43. The van der Waals surface area contributed by atoms with Crippen LogP contribution in [0.25, 0.3) is 0 Å². The van der Waals surface area contributed by atoms with Crippen LogP contribution < -0.4 is 10.2 Å². The number of amides is 2. The van der Waals surface area contributed by atoms with E-state index in [1.807, 2.05) is 26.0 Å². The van der Waals surface area contributed by atoms with Crippen molar-refractivity contribution in [2.24, 2.45) is 5.92 Å². The summed E-state index contributed by atoms with van der Waals surface area (Å²) in [4.78, 5) is 26.6. The first-order valence-electron chi connectivity index (χ1n) is 10.0. The number of aromatic amines is 1. The van der Waals surface area contributed by atoms with Crippen LogP contribution in [0, 0.1) is 19.8 Å². The molecule has 0 aliphatic carbocycles. The molecule has 2 N–H and O–H groups in total. The summed E-state index contributed by atoms with van der Waals surface area (Å²) in [5.41, 5.74) is 5.44. The van der Waals surface area contributed by atoms with Crippen molar-refractivity contribution in [2.75, 3.05) is 18.0 Å². The number of H-pyrrole nitrogens is 1. The molecule has 0 radical (unpaired) electrons. The number of hydrogen-bond donors (Lipinski definition) is 2. The van der Waals surface area contributed by atoms with Gasteiger partial charge in [-0.3, -0.25) is 14.7 Å². The summed E-state index contributed by atoms with van der Waals surface area (Å²) in [6.45, 7) is 9.35. The van der Waals surface area contributed by atoms with Gasteiger partial charge in [0.15, 0.2) is 0 Å². The van der Waals surface area contributed by atoms with Gasteiger partial charge in [-0.05, 0) is 55.9 Å². The summed E-state index contributed by atoms with van der Waals surface area (Å²) in [6, 6.07) is 8.06. The lowest BCUT2D eigenvalue weighted by atomic mass is 10.0. The average molecular weight is 383 g/mol. The maximum Gasteiger partial charge on any atom is 0.227 e. The summed E-state index contributed by atoms with van der Waals surface area (Å²) >= 11 is 0. The van der Waals surface area contributed by atoms with Crippen LogP contribution in [-0.4, -0.2) is 35.1 Å². The molecule has 1 aliphatic heterocycles. The summed E-state index contributed by atoms with van der Waals surface area (Å²) in [6.07, 6.45) is 2.01. The normalized spacial score (nSPS) is 16.8. The molecule has 0 saturated carbocycles. The number of anilines is 1. The molecule has 2 amide bonds. The molecule has 28 heavy (non-hydrogen) atoms. The number of aryl methyl sites for hydroxylation is 2. The van der Waals surface area contributed by atoms with Crippen molar-refractivity contribution >= 4 is 17.5 Å². The third-order valence-corrected chi connectivity index (χ3v) is 5.55. The molecular formula is C22H30N4O2. The van der Waals surface area contributed by atoms with Gasteiger partial charge < -0.3 is 10.2 Å². The van der Waals surface area contributed by atoms with Crippen LogP contribution in [0.3, 0.4) is 0 Å². The van der Waals surface area contributed by atoms with E-state index in [0.29, 0.717) is 19.0 Å². The molecule has 6 heteroatoms. The van der Waals surface area contributed by atoms with Crippen LogP contribution in [0.2, 0.25) is 0 Å². The van der Waals surface area contributed by atoms with Gasteiger partial charge in [-0.2, -0.15) is 5.10 Å². The molecule has 1 aliphatic rings. The molecule has 1 fully saturated rings. The van der Waals surface area contributed by atoms with Gasteiger partial charge >= 0.3 is 0 Å². The molecule has 2 aromatic rings. The molecule has 1 saturated heterocycles. The Morgan fingerprint density at radius 1 is 1.29 bits per heavy atom. The van der Waals surface area contributed by atoms with Crippen LogP contribution in [-0.2, 0) is 16.0 Å². The van der Waals surface area contributed by atoms with E-state index >= 15 is 0 Å². The summed E-state index contributed by atoms with van der Waals surface area (Å²) in [5.74, 6) is 0.156. The van der Waals surface area contributed by atoms with E-state index in [9.17, 15) is 9.59 Å². The molecule has 2 heterocycles. The molecule has 0 spiro atoms. The zero-order valence-corrected chi connectivity index (χ0v) is 17.2. The van der Waals surface area contributed by atoms with Gasteiger partial charge in [-0.1, -0.05) is 26.0 Å². The van der Waals surface area contributed by atoms with Crippen molar-refractivity contribution in [1.82, 2.24) is 15.5 Å². The second kappa shape index (κ2) is 8.59. The lowest BCUT2D eigenvalue weighted by Gasteiger charge is -2.17. The number of carbonyl (C=O) groups is 2. The number of nitrogens with zero attached hydrogens (tertiary/aromatic N) is 2. The minimum absolute atomic E-state index is 0.0158. The first-order chi connectivity index (χ1) is 13.4. The minimum atomic E-state index is -0.283. The standard InChI is InChI=1S/C22H30N4O2/c1-14(2)17-7-9-19(10-8-17)26-13-18(12-21(26)27)22(28)23-11-5-6-20-15(3)24-25-16(20)4/h7-10,14,18H,5-6,11-13H2,1-4H3,(H,23,28)(H,24,25)/t18-/m1/s1. The third-order valence-electron chi connectivity index (χ3n) is 5.55. The van der Waals surface area contributed by atoms with Crippen LogP contribution >= 0.6 is 0 Å². The summed E-state index contributed by atoms with van der Waals surface area (Å²) < 4.78 is 0. The van der Waals surface area contributed by atoms with E-state index in [1.165, 1.54) is 11.1 Å². The Morgan fingerprint density at radius 2 is 2.00 bits per heavy atom. The smallest absolute Gasteiger partial charge is 0.227 e. The highest BCUT2D eigenvalue weighted by Crippen LogP contribution is 2.27. The Kier molecular flexibility index (Phi) is 6.17. The van der Waals surface area contributed by atoms with Gasteiger partial charge in [0.2, 0.25) is 11.8 Å². The van der Waals surface area contributed by atoms with Gasteiger partial charge in [-0.25, -0.2) is 0 Å². The van der Waals surface area contributed by atoms with Gasteiger partial charge in [0.05, 0.1) is 11.6 Å². The van der Waals surface area contributed by atoms with Crippen molar-refractivity contribution < 1.29 is 9.59 Å². The van der Waals surface area contributed by atoms with E-state index in [0.717, 1.165) is 29.9 Å². The van der Waals surface area contributed by atoms with E-state index in [-0.39, 0.29) is 24.2 Å². The summed E-state index contributed by atoms with van der Waals surface area (Å²) in [5, 5.41) is 10.2. The van der Waals surface area contributed by atoms with Crippen molar-refractivity contribution in [2.45, 2.75) is 52.9 Å². The Hall–Kier alpha value is -2.63. The second-order valence-corrected chi connectivity index (χ2v) is 7.96. The number of benzene rings is 1. The fourth-order valence-electron chi connectivity index (χ4n) is 3.74. The second-order valence-electron chi connectivity index (χ2n) is 7.96. The molecule has 1 atom stereocenters. The monoisotopic (exact) mass is 382 g/mol. The highest BCUT2D eigenvalue weighted by atomic mass is 16.2. The van der Waals surface area contributed by atoms with Crippen LogP contribution in [0.5, 0.6) is 0 Å². The number of aromatic nitrogens is 2. The Labute approximate surface area is 166 Å². The van der Waals surface area contributed by atoms with Gasteiger partial charge in [0.1, 0.15) is 0 Å². The first-order valence-corrected chi connectivity index (χ1v) is 10.0. The SMILES string of the molecule is Cc1n[nH]c(C)c1CCCNC(=O)[C@@H]1CC(=O)N(c2ccc(C(C)C)cc2)C1. The van der Waals surface area contributed by atoms with E-state index < -0.39 is 0 Å². The van der Waals surface area contributed by atoms with Crippen LogP contribution in [0.15, 0.2) is 24.3 Å². The largest absolute Gasteiger partial charge is 0.356 e. The Morgan fingerprint density at radius 3 is 2.61 bits per heavy atom. The maximum atomic E-state index is 12.5. The molecule has 1 aromatic heterocycles. The molecule has 150 valence electrons. The fraction of sp³-hybridized carbons (Fsp3) is 0.500. The first kappa shape index (κ1) is 20.1. The molecule has 0 bridgehead atoms. The maximum absolute atomic E-state index is 12.5. The molecular weight excluding hydrogens is 352 g/mol. The lowest BCUT2D eigenvalue weighted by molar-refractivity contribution is -0.126. The average Bonchev–Trinajstić information content (AvgIpc) is 3.21. The van der Waals surface area contributed by atoms with Crippen molar-refractivity contribution in [3.05, 3.63) is 46.8 Å². The van der Waals surface area contributed by atoms with Crippen molar-refractivity contribution in [1.29, 1.82) is 0 Å². The van der Waals surface area contributed by atoms with E-state index in [4.69, 9.17) is 0 Å². The van der Waals surface area contributed by atoms with Crippen LogP contribution in [0.1, 0.15) is 55.1 Å². The van der Waals surface area contributed by atoms with Gasteiger partial charge in [-0.15, -0.1) is 0 Å². The predicted molar refractivity (Wildman–Crippen MR) is 110 cm³/mol. The Bertz CT molecular complexity index is 819.